The number of nitrogens with two attached hydrogens (primary N) is 2. The molecule has 0 aliphatic rings. The van der Waals surface area contributed by atoms with Gasteiger partial charge in [-0.1, -0.05) is 6.07 Å². The molecular formula is C12H10BrN5O2S. The second kappa shape index (κ2) is 5.31. The Bertz CT molecular complexity index is 874. The van der Waals surface area contributed by atoms with Crippen molar-refractivity contribution in [2.45, 2.75) is 4.90 Å². The van der Waals surface area contributed by atoms with E-state index in [4.69, 9.17) is 16.7 Å². The molecule has 2 rings (SSSR count). The molecule has 1 aromatic carbocycles. The lowest BCUT2D eigenvalue weighted by Gasteiger charge is -2.09. The first-order valence-electron chi connectivity index (χ1n) is 5.57. The minimum atomic E-state index is -3.36. The Kier molecular flexibility index (Phi) is 3.85. The summed E-state index contributed by atoms with van der Waals surface area (Å²) in [5.41, 5.74) is 12.0. The number of halogens is 1. The zero-order chi connectivity index (χ0) is 15.8. The van der Waals surface area contributed by atoms with Gasteiger partial charge in [-0.2, -0.15) is 10.2 Å². The first-order chi connectivity index (χ1) is 9.74. The van der Waals surface area contributed by atoms with Crippen LogP contribution in [0.15, 0.2) is 27.6 Å². The zero-order valence-electron chi connectivity index (χ0n) is 10.8. The molecule has 0 fully saturated rings. The largest absolute Gasteiger partial charge is 0.382 e. The molecule has 0 radical (unpaired) electrons. The molecule has 9 heteroatoms. The van der Waals surface area contributed by atoms with Crippen LogP contribution < -0.4 is 11.5 Å². The topological polar surface area (TPSA) is 136 Å². The predicted molar refractivity (Wildman–Crippen MR) is 81.8 cm³/mol. The Morgan fingerprint density at radius 1 is 1.29 bits per heavy atom. The number of nitriles is 1. The predicted octanol–water partition coefficient (Wildman–Crippen LogP) is 1.35. The Morgan fingerprint density at radius 2 is 1.95 bits per heavy atom. The van der Waals surface area contributed by atoms with Crippen LogP contribution >= 0.6 is 15.9 Å². The summed E-state index contributed by atoms with van der Waals surface area (Å²) in [6, 6.07) is 6.41. The van der Waals surface area contributed by atoms with E-state index in [0.29, 0.717) is 10.0 Å². The average Bonchev–Trinajstić information content (AvgIpc) is 2.36. The van der Waals surface area contributed by atoms with Crippen LogP contribution in [-0.4, -0.2) is 24.6 Å². The first kappa shape index (κ1) is 15.2. The first-order valence-corrected chi connectivity index (χ1v) is 8.25. The number of benzene rings is 1. The summed E-state index contributed by atoms with van der Waals surface area (Å²) in [6.07, 6.45) is 1.11. The van der Waals surface area contributed by atoms with Crippen LogP contribution in [0.25, 0.3) is 11.3 Å². The fraction of sp³-hybridized carbons (Fsp3) is 0.0833. The second-order valence-corrected chi connectivity index (χ2v) is 7.06. The highest BCUT2D eigenvalue weighted by Gasteiger charge is 2.17. The monoisotopic (exact) mass is 367 g/mol. The standard InChI is InChI=1S/C12H10BrN5O2S/c1-21(19,20)9-3-2-6(4-8(9)13)10-7(5-14)11(15)18-12(16)17-10/h2-4H,1H3,(H4,15,16,17,18). The van der Waals surface area contributed by atoms with E-state index in [1.165, 1.54) is 12.1 Å². The van der Waals surface area contributed by atoms with Crippen molar-refractivity contribution in [1.29, 1.82) is 5.26 Å². The summed E-state index contributed by atoms with van der Waals surface area (Å²) >= 11 is 3.20. The van der Waals surface area contributed by atoms with Gasteiger partial charge in [0.05, 0.1) is 10.6 Å². The number of hydrogen-bond acceptors (Lipinski definition) is 7. The maximum Gasteiger partial charge on any atom is 0.222 e. The molecule has 4 N–H and O–H groups in total. The number of aromatic nitrogens is 2. The van der Waals surface area contributed by atoms with Crippen LogP contribution in [0.3, 0.4) is 0 Å². The van der Waals surface area contributed by atoms with Crippen LogP contribution in [0.2, 0.25) is 0 Å². The third-order valence-corrected chi connectivity index (χ3v) is 4.74. The van der Waals surface area contributed by atoms with E-state index in [-0.39, 0.29) is 27.9 Å². The van der Waals surface area contributed by atoms with Crippen molar-refractivity contribution in [2.24, 2.45) is 0 Å². The molecule has 0 atom stereocenters. The highest BCUT2D eigenvalue weighted by molar-refractivity contribution is 9.10. The van der Waals surface area contributed by atoms with Crippen molar-refractivity contribution in [1.82, 2.24) is 9.97 Å². The highest BCUT2D eigenvalue weighted by atomic mass is 79.9. The molecule has 1 aromatic heterocycles. The molecule has 0 unspecified atom stereocenters. The quantitative estimate of drug-likeness (QED) is 0.816. The van der Waals surface area contributed by atoms with Crippen LogP contribution in [0.1, 0.15) is 5.56 Å². The van der Waals surface area contributed by atoms with E-state index < -0.39 is 9.84 Å². The van der Waals surface area contributed by atoms with Gasteiger partial charge in [-0.3, -0.25) is 0 Å². The van der Waals surface area contributed by atoms with Crippen LogP contribution in [-0.2, 0) is 9.84 Å². The lowest BCUT2D eigenvalue weighted by molar-refractivity contribution is 0.601. The van der Waals surface area contributed by atoms with Gasteiger partial charge in [0.2, 0.25) is 5.95 Å². The number of nitrogen functional groups attached to an aromatic ring is 2. The second-order valence-electron chi connectivity index (χ2n) is 4.22. The smallest absolute Gasteiger partial charge is 0.222 e. The van der Waals surface area contributed by atoms with Crippen molar-refractivity contribution in [3.05, 3.63) is 28.2 Å². The lowest BCUT2D eigenvalue weighted by Crippen LogP contribution is -2.05. The van der Waals surface area contributed by atoms with Gasteiger partial charge in [0.15, 0.2) is 9.84 Å². The van der Waals surface area contributed by atoms with E-state index in [2.05, 4.69) is 25.9 Å². The molecule has 0 amide bonds. The van der Waals surface area contributed by atoms with E-state index in [1.54, 1.807) is 6.07 Å². The van der Waals surface area contributed by atoms with Gasteiger partial charge >= 0.3 is 0 Å². The molecule has 7 nitrogen and oxygen atoms in total. The SMILES string of the molecule is CS(=O)(=O)c1ccc(-c2nc(N)nc(N)c2C#N)cc1Br. The third kappa shape index (κ3) is 2.96. The lowest BCUT2D eigenvalue weighted by atomic mass is 10.1. The normalized spacial score (nSPS) is 11.1. The maximum atomic E-state index is 11.6. The van der Waals surface area contributed by atoms with Gasteiger partial charge < -0.3 is 11.5 Å². The molecule has 0 saturated heterocycles. The molecule has 108 valence electrons. The molecule has 0 spiro atoms. The molecule has 0 saturated carbocycles. The molecule has 0 aliphatic carbocycles. The van der Waals surface area contributed by atoms with E-state index >= 15 is 0 Å². The van der Waals surface area contributed by atoms with Gasteiger partial charge in [0, 0.05) is 16.3 Å². The number of rotatable bonds is 2. The fourth-order valence-corrected chi connectivity index (χ4v) is 3.75. The van der Waals surface area contributed by atoms with E-state index in [1.807, 2.05) is 6.07 Å². The minimum Gasteiger partial charge on any atom is -0.382 e. The van der Waals surface area contributed by atoms with Gasteiger partial charge in [0.1, 0.15) is 17.5 Å². The molecule has 0 aliphatic heterocycles. The van der Waals surface area contributed by atoms with Crippen molar-refractivity contribution in [3.8, 4) is 17.3 Å². The number of anilines is 2. The number of nitrogens with zero attached hydrogens (tertiary/aromatic N) is 3. The summed E-state index contributed by atoms with van der Waals surface area (Å²) in [5, 5.41) is 9.15. The molecule has 1 heterocycles. The maximum absolute atomic E-state index is 11.6. The van der Waals surface area contributed by atoms with Gasteiger partial charge in [0.25, 0.3) is 0 Å². The summed E-state index contributed by atoms with van der Waals surface area (Å²) in [5.74, 6) is -0.0897. The Balaban J connectivity index is 2.70. The van der Waals surface area contributed by atoms with E-state index in [0.717, 1.165) is 6.26 Å². The van der Waals surface area contributed by atoms with Crippen molar-refractivity contribution in [3.63, 3.8) is 0 Å². The molecule has 21 heavy (non-hydrogen) atoms. The van der Waals surface area contributed by atoms with Crippen LogP contribution in [0, 0.1) is 11.3 Å². The minimum absolute atomic E-state index is 0.0247. The summed E-state index contributed by atoms with van der Waals surface area (Å²) in [6.45, 7) is 0. The van der Waals surface area contributed by atoms with Crippen molar-refractivity contribution < 1.29 is 8.42 Å². The third-order valence-electron chi connectivity index (χ3n) is 2.67. The molecular weight excluding hydrogens is 358 g/mol. The van der Waals surface area contributed by atoms with E-state index in [9.17, 15) is 8.42 Å². The van der Waals surface area contributed by atoms with Gasteiger partial charge in [-0.05, 0) is 28.1 Å². The fourth-order valence-electron chi connectivity index (χ4n) is 1.76. The molecule has 0 bridgehead atoms. The van der Waals surface area contributed by atoms with Crippen molar-refractivity contribution in [2.75, 3.05) is 17.7 Å². The zero-order valence-corrected chi connectivity index (χ0v) is 13.2. The van der Waals surface area contributed by atoms with Crippen LogP contribution in [0.4, 0.5) is 11.8 Å². The van der Waals surface area contributed by atoms with Gasteiger partial charge in [-0.25, -0.2) is 13.4 Å². The Morgan fingerprint density at radius 3 is 2.48 bits per heavy atom. The summed E-state index contributed by atoms with van der Waals surface area (Å²) in [7, 11) is -3.36. The summed E-state index contributed by atoms with van der Waals surface area (Å²) in [4.78, 5) is 7.86. The average molecular weight is 368 g/mol. The highest BCUT2D eigenvalue weighted by Crippen LogP contribution is 2.30. The number of hydrogen-bond donors (Lipinski definition) is 2. The van der Waals surface area contributed by atoms with Crippen molar-refractivity contribution >= 4 is 37.5 Å². The van der Waals surface area contributed by atoms with Crippen LogP contribution in [0.5, 0.6) is 0 Å². The Hall–Kier alpha value is -2.18. The summed E-state index contributed by atoms with van der Waals surface area (Å²) < 4.78 is 23.5. The van der Waals surface area contributed by atoms with Gasteiger partial charge in [-0.15, -0.1) is 0 Å². The molecule has 2 aromatic rings. The Labute approximate surface area is 129 Å². The number of sulfone groups is 1.